The molecule has 2 aliphatic rings. The van der Waals surface area contributed by atoms with Crippen LogP contribution < -0.4 is 5.32 Å². The highest BCUT2D eigenvalue weighted by Gasteiger charge is 2.32. The van der Waals surface area contributed by atoms with Crippen LogP contribution in [0.4, 0.5) is 0 Å². The molecule has 2 heterocycles. The van der Waals surface area contributed by atoms with Crippen molar-refractivity contribution in [3.63, 3.8) is 0 Å². The molecule has 0 spiro atoms. The van der Waals surface area contributed by atoms with E-state index in [0.29, 0.717) is 5.41 Å². The van der Waals surface area contributed by atoms with Crippen molar-refractivity contribution in [1.29, 1.82) is 0 Å². The van der Waals surface area contributed by atoms with E-state index in [0.717, 1.165) is 19.1 Å². The summed E-state index contributed by atoms with van der Waals surface area (Å²) in [6.07, 6.45) is 4.03. The SMILES string of the molecule is CCOCC1CCCN(CC2(C)CCNC2)C1.Cl. The highest BCUT2D eigenvalue weighted by Crippen LogP contribution is 2.28. The molecular weight excluding hydrogens is 248 g/mol. The Morgan fingerprint density at radius 3 is 2.94 bits per heavy atom. The fraction of sp³-hybridized carbons (Fsp3) is 1.00. The largest absolute Gasteiger partial charge is 0.381 e. The van der Waals surface area contributed by atoms with Crippen molar-refractivity contribution in [3.8, 4) is 0 Å². The Bertz CT molecular complexity index is 232. The lowest BCUT2D eigenvalue weighted by atomic mass is 9.87. The van der Waals surface area contributed by atoms with Gasteiger partial charge in [-0.3, -0.25) is 0 Å². The molecule has 2 fully saturated rings. The number of halogens is 1. The molecule has 0 radical (unpaired) electrons. The molecule has 0 saturated carbocycles. The second-order valence-electron chi connectivity index (χ2n) is 6.14. The van der Waals surface area contributed by atoms with Crippen LogP contribution in [0.25, 0.3) is 0 Å². The fourth-order valence-corrected chi connectivity index (χ4v) is 3.26. The molecule has 3 nitrogen and oxygen atoms in total. The second-order valence-corrected chi connectivity index (χ2v) is 6.14. The van der Waals surface area contributed by atoms with Gasteiger partial charge in [-0.15, -0.1) is 12.4 Å². The Balaban J connectivity index is 0.00000162. The van der Waals surface area contributed by atoms with Gasteiger partial charge >= 0.3 is 0 Å². The summed E-state index contributed by atoms with van der Waals surface area (Å²) in [5.74, 6) is 0.765. The Morgan fingerprint density at radius 2 is 2.28 bits per heavy atom. The van der Waals surface area contributed by atoms with E-state index in [9.17, 15) is 0 Å². The smallest absolute Gasteiger partial charge is 0.0506 e. The van der Waals surface area contributed by atoms with E-state index in [2.05, 4.69) is 24.1 Å². The summed E-state index contributed by atoms with van der Waals surface area (Å²) in [7, 11) is 0. The van der Waals surface area contributed by atoms with Gasteiger partial charge in [0, 0.05) is 26.2 Å². The number of nitrogens with zero attached hydrogens (tertiary/aromatic N) is 1. The molecule has 108 valence electrons. The minimum atomic E-state index is 0. The fourth-order valence-electron chi connectivity index (χ4n) is 3.26. The van der Waals surface area contributed by atoms with E-state index in [4.69, 9.17) is 4.74 Å². The maximum absolute atomic E-state index is 5.58. The van der Waals surface area contributed by atoms with Crippen molar-refractivity contribution in [3.05, 3.63) is 0 Å². The van der Waals surface area contributed by atoms with Crippen molar-refractivity contribution < 1.29 is 4.74 Å². The molecule has 0 bridgehead atoms. The highest BCUT2D eigenvalue weighted by molar-refractivity contribution is 5.85. The van der Waals surface area contributed by atoms with Crippen molar-refractivity contribution in [2.24, 2.45) is 11.3 Å². The number of hydrogen-bond donors (Lipinski definition) is 1. The van der Waals surface area contributed by atoms with Gasteiger partial charge in [0.25, 0.3) is 0 Å². The number of rotatable bonds is 5. The minimum Gasteiger partial charge on any atom is -0.381 e. The number of likely N-dealkylation sites (tertiary alicyclic amines) is 1. The van der Waals surface area contributed by atoms with E-state index in [-0.39, 0.29) is 12.4 Å². The van der Waals surface area contributed by atoms with Crippen molar-refractivity contribution in [2.75, 3.05) is 45.9 Å². The summed E-state index contributed by atoms with van der Waals surface area (Å²) < 4.78 is 5.58. The van der Waals surface area contributed by atoms with Crippen LogP contribution in [0.3, 0.4) is 0 Å². The lowest BCUT2D eigenvalue weighted by Gasteiger charge is -2.37. The van der Waals surface area contributed by atoms with Crippen LogP contribution in [0, 0.1) is 11.3 Å². The molecule has 0 aromatic heterocycles. The Labute approximate surface area is 118 Å². The quantitative estimate of drug-likeness (QED) is 0.833. The molecule has 0 aromatic rings. The minimum absolute atomic E-state index is 0. The van der Waals surface area contributed by atoms with Gasteiger partial charge in [-0.25, -0.2) is 0 Å². The first kappa shape index (κ1) is 16.2. The lowest BCUT2D eigenvalue weighted by molar-refractivity contribution is 0.0535. The standard InChI is InChI=1S/C14H28N2O.ClH/c1-3-17-10-13-5-4-8-16(9-13)12-14(2)6-7-15-11-14;/h13,15H,3-12H2,1-2H3;1H. The molecule has 18 heavy (non-hydrogen) atoms. The normalized spacial score (nSPS) is 33.3. The monoisotopic (exact) mass is 276 g/mol. The van der Waals surface area contributed by atoms with Gasteiger partial charge in [0.15, 0.2) is 0 Å². The molecule has 2 saturated heterocycles. The summed E-state index contributed by atoms with van der Waals surface area (Å²) in [5.41, 5.74) is 0.507. The predicted octanol–water partition coefficient (Wildman–Crippen LogP) is 2.16. The topological polar surface area (TPSA) is 24.5 Å². The Hall–Kier alpha value is 0.170. The first-order valence-electron chi connectivity index (χ1n) is 7.23. The maximum atomic E-state index is 5.58. The molecule has 2 rings (SSSR count). The molecule has 2 atom stereocenters. The zero-order chi connectivity index (χ0) is 12.1. The summed E-state index contributed by atoms with van der Waals surface area (Å²) in [5, 5.41) is 3.50. The van der Waals surface area contributed by atoms with Gasteiger partial charge in [0.2, 0.25) is 0 Å². The van der Waals surface area contributed by atoms with Crippen molar-refractivity contribution in [2.45, 2.75) is 33.1 Å². The van der Waals surface area contributed by atoms with Crippen molar-refractivity contribution >= 4 is 12.4 Å². The third kappa shape index (κ3) is 4.69. The van der Waals surface area contributed by atoms with Gasteiger partial charge in [-0.2, -0.15) is 0 Å². The number of piperidine rings is 1. The van der Waals surface area contributed by atoms with Crippen LogP contribution in [0.5, 0.6) is 0 Å². The van der Waals surface area contributed by atoms with E-state index in [1.165, 1.54) is 52.0 Å². The highest BCUT2D eigenvalue weighted by atomic mass is 35.5. The van der Waals surface area contributed by atoms with E-state index < -0.39 is 0 Å². The van der Waals surface area contributed by atoms with E-state index in [1.54, 1.807) is 0 Å². The average molecular weight is 277 g/mol. The first-order valence-corrected chi connectivity index (χ1v) is 7.23. The van der Waals surface area contributed by atoms with Crippen LogP contribution in [0.2, 0.25) is 0 Å². The summed E-state index contributed by atoms with van der Waals surface area (Å²) >= 11 is 0. The van der Waals surface area contributed by atoms with Gasteiger partial charge < -0.3 is 15.0 Å². The van der Waals surface area contributed by atoms with Crippen LogP contribution in [-0.4, -0.2) is 50.8 Å². The average Bonchev–Trinajstić information content (AvgIpc) is 2.73. The van der Waals surface area contributed by atoms with Gasteiger partial charge in [0.05, 0.1) is 6.61 Å². The summed E-state index contributed by atoms with van der Waals surface area (Å²) in [6.45, 7) is 12.5. The molecular formula is C14H29ClN2O. The zero-order valence-electron chi connectivity index (χ0n) is 11.9. The van der Waals surface area contributed by atoms with E-state index >= 15 is 0 Å². The maximum Gasteiger partial charge on any atom is 0.0506 e. The molecule has 0 amide bonds. The van der Waals surface area contributed by atoms with Gasteiger partial charge in [0.1, 0.15) is 0 Å². The third-order valence-electron chi connectivity index (χ3n) is 4.22. The lowest BCUT2D eigenvalue weighted by Crippen LogP contribution is -2.43. The molecule has 0 aliphatic carbocycles. The van der Waals surface area contributed by atoms with Gasteiger partial charge in [-0.05, 0) is 50.6 Å². The summed E-state index contributed by atoms with van der Waals surface area (Å²) in [4.78, 5) is 2.67. The zero-order valence-corrected chi connectivity index (χ0v) is 12.7. The predicted molar refractivity (Wildman–Crippen MR) is 78.5 cm³/mol. The van der Waals surface area contributed by atoms with Crippen LogP contribution >= 0.6 is 12.4 Å². The number of hydrogen-bond acceptors (Lipinski definition) is 3. The third-order valence-corrected chi connectivity index (χ3v) is 4.22. The number of nitrogens with one attached hydrogen (secondary N) is 1. The molecule has 2 aliphatic heterocycles. The second kappa shape index (κ2) is 7.68. The molecule has 0 aromatic carbocycles. The van der Waals surface area contributed by atoms with Crippen LogP contribution in [-0.2, 0) is 4.74 Å². The van der Waals surface area contributed by atoms with E-state index in [1.807, 2.05) is 0 Å². The van der Waals surface area contributed by atoms with Crippen LogP contribution in [0.15, 0.2) is 0 Å². The molecule has 1 N–H and O–H groups in total. The Morgan fingerprint density at radius 1 is 1.44 bits per heavy atom. The van der Waals surface area contributed by atoms with Crippen molar-refractivity contribution in [1.82, 2.24) is 10.2 Å². The molecule has 4 heteroatoms. The molecule has 2 unspecified atom stereocenters. The first-order chi connectivity index (χ1) is 8.22. The van der Waals surface area contributed by atoms with Gasteiger partial charge in [-0.1, -0.05) is 6.92 Å². The Kier molecular flexibility index (Phi) is 6.93. The number of ether oxygens (including phenoxy) is 1. The van der Waals surface area contributed by atoms with Crippen LogP contribution in [0.1, 0.15) is 33.1 Å². The summed E-state index contributed by atoms with van der Waals surface area (Å²) in [6, 6.07) is 0.